The van der Waals surface area contributed by atoms with Crippen LogP contribution in [0.2, 0.25) is 0 Å². The largest absolute Gasteiger partial charge is 0.399 e. The Kier molecular flexibility index (Phi) is 4.25. The summed E-state index contributed by atoms with van der Waals surface area (Å²) < 4.78 is 5.54. The van der Waals surface area contributed by atoms with Crippen LogP contribution in [0.3, 0.4) is 0 Å². The highest BCUT2D eigenvalue weighted by atomic mass is 16.5. The number of nitrogen functional groups attached to an aromatic ring is 1. The standard InChI is InChI=1S/C15H24N2O/c1-15(2)12-18-10-9-17(15)8-4-6-13-5-3-7-14(16)11-13/h3,5,7,11H,4,6,8-10,12,16H2,1-2H3. The van der Waals surface area contributed by atoms with E-state index in [4.69, 9.17) is 10.5 Å². The molecule has 1 aromatic carbocycles. The van der Waals surface area contributed by atoms with E-state index in [9.17, 15) is 0 Å². The number of hydrogen-bond acceptors (Lipinski definition) is 3. The lowest BCUT2D eigenvalue weighted by atomic mass is 10.0. The molecule has 0 saturated carbocycles. The Balaban J connectivity index is 1.81. The summed E-state index contributed by atoms with van der Waals surface area (Å²) in [4.78, 5) is 2.53. The molecule has 0 aromatic heterocycles. The number of rotatable bonds is 4. The summed E-state index contributed by atoms with van der Waals surface area (Å²) in [5.41, 5.74) is 8.16. The molecule has 0 atom stereocenters. The summed E-state index contributed by atoms with van der Waals surface area (Å²) in [6.45, 7) is 8.39. The molecule has 0 bridgehead atoms. The van der Waals surface area contributed by atoms with Crippen molar-refractivity contribution in [3.05, 3.63) is 29.8 Å². The van der Waals surface area contributed by atoms with Gasteiger partial charge in [-0.3, -0.25) is 4.90 Å². The van der Waals surface area contributed by atoms with E-state index in [-0.39, 0.29) is 5.54 Å². The van der Waals surface area contributed by atoms with Crippen LogP contribution in [-0.2, 0) is 11.2 Å². The SMILES string of the molecule is CC1(C)COCCN1CCCc1cccc(N)c1. The Morgan fingerprint density at radius 3 is 2.94 bits per heavy atom. The zero-order valence-corrected chi connectivity index (χ0v) is 11.5. The number of morpholine rings is 1. The molecule has 0 radical (unpaired) electrons. The summed E-state index contributed by atoms with van der Waals surface area (Å²) in [6.07, 6.45) is 2.27. The molecule has 0 aliphatic carbocycles. The maximum absolute atomic E-state index is 5.79. The van der Waals surface area contributed by atoms with Crippen molar-refractivity contribution in [3.63, 3.8) is 0 Å². The molecule has 0 amide bonds. The Bertz CT molecular complexity index is 390. The molecule has 1 aliphatic heterocycles. The summed E-state index contributed by atoms with van der Waals surface area (Å²) >= 11 is 0. The Morgan fingerprint density at radius 2 is 2.22 bits per heavy atom. The number of nitrogens with two attached hydrogens (primary N) is 1. The van der Waals surface area contributed by atoms with E-state index >= 15 is 0 Å². The number of anilines is 1. The average molecular weight is 248 g/mol. The molecule has 0 unspecified atom stereocenters. The molecule has 2 N–H and O–H groups in total. The number of benzene rings is 1. The van der Waals surface area contributed by atoms with Crippen molar-refractivity contribution in [1.29, 1.82) is 0 Å². The number of hydrogen-bond donors (Lipinski definition) is 1. The van der Waals surface area contributed by atoms with Gasteiger partial charge in [0.25, 0.3) is 0 Å². The summed E-state index contributed by atoms with van der Waals surface area (Å²) in [6, 6.07) is 8.20. The van der Waals surface area contributed by atoms with Crippen molar-refractivity contribution < 1.29 is 4.74 Å². The van der Waals surface area contributed by atoms with E-state index in [1.54, 1.807) is 0 Å². The molecular weight excluding hydrogens is 224 g/mol. The fourth-order valence-electron chi connectivity index (χ4n) is 2.53. The van der Waals surface area contributed by atoms with E-state index in [0.29, 0.717) is 0 Å². The molecule has 1 heterocycles. The molecule has 1 aromatic rings. The molecule has 1 fully saturated rings. The van der Waals surface area contributed by atoms with E-state index in [2.05, 4.69) is 30.9 Å². The lowest BCUT2D eigenvalue weighted by Gasteiger charge is -2.42. The van der Waals surface area contributed by atoms with Crippen LogP contribution in [0.5, 0.6) is 0 Å². The first-order valence-electron chi connectivity index (χ1n) is 6.75. The van der Waals surface area contributed by atoms with Crippen LogP contribution < -0.4 is 5.73 Å². The molecule has 100 valence electrons. The van der Waals surface area contributed by atoms with E-state index in [0.717, 1.165) is 38.4 Å². The van der Waals surface area contributed by atoms with E-state index < -0.39 is 0 Å². The van der Waals surface area contributed by atoms with Crippen molar-refractivity contribution in [1.82, 2.24) is 4.90 Å². The van der Waals surface area contributed by atoms with Crippen LogP contribution in [0, 0.1) is 0 Å². The highest BCUT2D eigenvalue weighted by Crippen LogP contribution is 2.19. The second-order valence-electron chi connectivity index (χ2n) is 5.70. The lowest BCUT2D eigenvalue weighted by Crippen LogP contribution is -2.53. The van der Waals surface area contributed by atoms with E-state index in [1.165, 1.54) is 12.0 Å². The van der Waals surface area contributed by atoms with Crippen LogP contribution in [0.4, 0.5) is 5.69 Å². The van der Waals surface area contributed by atoms with Gasteiger partial charge in [-0.05, 0) is 50.9 Å². The summed E-state index contributed by atoms with van der Waals surface area (Å²) in [5.74, 6) is 0. The van der Waals surface area contributed by atoms with Crippen molar-refractivity contribution in [3.8, 4) is 0 Å². The number of nitrogens with zero attached hydrogens (tertiary/aromatic N) is 1. The average Bonchev–Trinajstić information content (AvgIpc) is 2.31. The zero-order chi connectivity index (χ0) is 13.0. The van der Waals surface area contributed by atoms with Gasteiger partial charge in [0.05, 0.1) is 13.2 Å². The summed E-state index contributed by atoms with van der Waals surface area (Å²) in [5, 5.41) is 0. The van der Waals surface area contributed by atoms with Crippen LogP contribution >= 0.6 is 0 Å². The van der Waals surface area contributed by atoms with Gasteiger partial charge in [0.2, 0.25) is 0 Å². The Morgan fingerprint density at radius 1 is 1.39 bits per heavy atom. The van der Waals surface area contributed by atoms with Gasteiger partial charge in [-0.15, -0.1) is 0 Å². The number of ether oxygens (including phenoxy) is 1. The van der Waals surface area contributed by atoms with Gasteiger partial charge in [-0.25, -0.2) is 0 Å². The first-order chi connectivity index (χ1) is 8.58. The van der Waals surface area contributed by atoms with Gasteiger partial charge in [0.15, 0.2) is 0 Å². The molecule has 3 heteroatoms. The molecule has 18 heavy (non-hydrogen) atoms. The Labute approximate surface area is 110 Å². The molecule has 1 aliphatic rings. The minimum atomic E-state index is 0.175. The summed E-state index contributed by atoms with van der Waals surface area (Å²) in [7, 11) is 0. The first kappa shape index (κ1) is 13.4. The topological polar surface area (TPSA) is 38.5 Å². The monoisotopic (exact) mass is 248 g/mol. The van der Waals surface area contributed by atoms with Gasteiger partial charge >= 0.3 is 0 Å². The van der Waals surface area contributed by atoms with Gasteiger partial charge in [-0.1, -0.05) is 12.1 Å². The lowest BCUT2D eigenvalue weighted by molar-refractivity contribution is -0.0510. The van der Waals surface area contributed by atoms with Crippen molar-refractivity contribution in [2.45, 2.75) is 32.2 Å². The molecule has 0 spiro atoms. The smallest absolute Gasteiger partial charge is 0.0645 e. The van der Waals surface area contributed by atoms with Crippen molar-refractivity contribution >= 4 is 5.69 Å². The predicted octanol–water partition coefficient (Wildman–Crippen LogP) is 2.31. The first-order valence-corrected chi connectivity index (χ1v) is 6.75. The molecule has 3 nitrogen and oxygen atoms in total. The van der Waals surface area contributed by atoms with Crippen molar-refractivity contribution in [2.75, 3.05) is 32.0 Å². The van der Waals surface area contributed by atoms with Crippen LogP contribution in [0.1, 0.15) is 25.8 Å². The van der Waals surface area contributed by atoms with E-state index in [1.807, 2.05) is 12.1 Å². The second-order valence-corrected chi connectivity index (χ2v) is 5.70. The fraction of sp³-hybridized carbons (Fsp3) is 0.600. The van der Waals surface area contributed by atoms with Gasteiger partial charge in [-0.2, -0.15) is 0 Å². The second kappa shape index (κ2) is 5.72. The minimum absolute atomic E-state index is 0.175. The third-order valence-corrected chi connectivity index (χ3v) is 3.66. The van der Waals surface area contributed by atoms with Gasteiger partial charge < -0.3 is 10.5 Å². The highest BCUT2D eigenvalue weighted by molar-refractivity contribution is 5.40. The van der Waals surface area contributed by atoms with Crippen LogP contribution in [0.25, 0.3) is 0 Å². The fourth-order valence-corrected chi connectivity index (χ4v) is 2.53. The van der Waals surface area contributed by atoms with Crippen LogP contribution in [0.15, 0.2) is 24.3 Å². The van der Waals surface area contributed by atoms with Crippen molar-refractivity contribution in [2.24, 2.45) is 0 Å². The third-order valence-electron chi connectivity index (χ3n) is 3.66. The third kappa shape index (κ3) is 3.47. The molecule has 1 saturated heterocycles. The zero-order valence-electron chi connectivity index (χ0n) is 11.5. The highest BCUT2D eigenvalue weighted by Gasteiger charge is 2.29. The van der Waals surface area contributed by atoms with Gasteiger partial charge in [0.1, 0.15) is 0 Å². The Hall–Kier alpha value is -1.06. The van der Waals surface area contributed by atoms with Crippen LogP contribution in [-0.4, -0.2) is 36.7 Å². The molecular formula is C15H24N2O. The number of aryl methyl sites for hydroxylation is 1. The maximum atomic E-state index is 5.79. The normalized spacial score (nSPS) is 19.9. The molecule has 2 rings (SSSR count). The maximum Gasteiger partial charge on any atom is 0.0645 e. The van der Waals surface area contributed by atoms with Gasteiger partial charge in [0, 0.05) is 17.8 Å². The quantitative estimate of drug-likeness (QED) is 0.831. The minimum Gasteiger partial charge on any atom is -0.399 e. The predicted molar refractivity (Wildman–Crippen MR) is 75.6 cm³/mol.